The van der Waals surface area contributed by atoms with Crippen LogP contribution in [0.15, 0.2) is 24.3 Å². The summed E-state index contributed by atoms with van der Waals surface area (Å²) in [7, 11) is -4.18. The van der Waals surface area contributed by atoms with Gasteiger partial charge in [-0.1, -0.05) is 19.1 Å². The van der Waals surface area contributed by atoms with E-state index in [1.165, 1.54) is 25.1 Å². The number of aromatic carboxylic acids is 1. The Hall–Kier alpha value is -1.61. The van der Waals surface area contributed by atoms with Crippen LogP contribution in [0.4, 0.5) is 13.2 Å². The van der Waals surface area contributed by atoms with E-state index in [4.69, 9.17) is 5.11 Å². The lowest BCUT2D eigenvalue weighted by Gasteiger charge is -2.21. The first kappa shape index (κ1) is 17.4. The first-order valence-corrected chi connectivity index (χ1v) is 7.53. The summed E-state index contributed by atoms with van der Waals surface area (Å²) < 4.78 is 61.3. The number of nitrogens with zero attached hydrogens (tertiary/aromatic N) is 1. The van der Waals surface area contributed by atoms with Crippen LogP contribution < -0.4 is 0 Å². The molecule has 1 aromatic rings. The fraction of sp³-hybridized carbons (Fsp3) is 0.417. The molecule has 0 saturated heterocycles. The van der Waals surface area contributed by atoms with Gasteiger partial charge in [0.05, 0.1) is 11.3 Å². The molecule has 0 bridgehead atoms. The minimum atomic E-state index is -4.63. The van der Waals surface area contributed by atoms with Crippen molar-refractivity contribution in [1.82, 2.24) is 4.31 Å². The van der Waals surface area contributed by atoms with Gasteiger partial charge in [-0.15, -0.1) is 0 Å². The molecule has 0 aliphatic rings. The summed E-state index contributed by atoms with van der Waals surface area (Å²) in [6, 6.07) is 5.09. The van der Waals surface area contributed by atoms with Crippen molar-refractivity contribution in [2.24, 2.45) is 0 Å². The normalized spacial score (nSPS) is 12.6. The predicted octanol–water partition coefficient (Wildman–Crippen LogP) is 2.10. The largest absolute Gasteiger partial charge is 0.478 e. The minimum Gasteiger partial charge on any atom is -0.478 e. The summed E-state index contributed by atoms with van der Waals surface area (Å²) in [4.78, 5) is 10.8. The standard InChI is InChI=1S/C12H14F3NO4S/c1-2-16(8-12(13,14)15)21(19,20)7-9-4-3-5-10(6-9)11(17)18/h3-6H,2,7-8H2,1H3,(H,17,18). The lowest BCUT2D eigenvalue weighted by molar-refractivity contribution is -0.135. The summed E-state index contributed by atoms with van der Waals surface area (Å²) in [5, 5.41) is 8.81. The molecule has 9 heteroatoms. The van der Waals surface area contributed by atoms with Crippen molar-refractivity contribution >= 4 is 16.0 Å². The average Bonchev–Trinajstić information content (AvgIpc) is 2.34. The van der Waals surface area contributed by atoms with Crippen molar-refractivity contribution in [2.45, 2.75) is 18.9 Å². The van der Waals surface area contributed by atoms with Gasteiger partial charge in [-0.2, -0.15) is 17.5 Å². The van der Waals surface area contributed by atoms with Gasteiger partial charge in [-0.05, 0) is 17.7 Å². The Balaban J connectivity index is 2.98. The maximum Gasteiger partial charge on any atom is 0.402 e. The van der Waals surface area contributed by atoms with E-state index < -0.39 is 34.5 Å². The molecule has 0 aliphatic carbocycles. The average molecular weight is 325 g/mol. The highest BCUT2D eigenvalue weighted by Gasteiger charge is 2.35. The molecule has 1 N–H and O–H groups in total. The zero-order chi connectivity index (χ0) is 16.3. The molecule has 0 fully saturated rings. The molecule has 0 amide bonds. The van der Waals surface area contributed by atoms with Crippen molar-refractivity contribution in [1.29, 1.82) is 0 Å². The number of carbonyl (C=O) groups is 1. The second-order valence-corrected chi connectivity index (χ2v) is 6.27. The first-order valence-electron chi connectivity index (χ1n) is 5.92. The van der Waals surface area contributed by atoms with Gasteiger partial charge in [0, 0.05) is 6.54 Å². The Morgan fingerprint density at radius 1 is 1.33 bits per heavy atom. The lowest BCUT2D eigenvalue weighted by atomic mass is 10.1. The summed E-state index contributed by atoms with van der Waals surface area (Å²) in [5.74, 6) is -1.92. The third-order valence-corrected chi connectivity index (χ3v) is 4.50. The van der Waals surface area contributed by atoms with Crippen LogP contribution in [0.1, 0.15) is 22.8 Å². The summed E-state index contributed by atoms with van der Waals surface area (Å²) in [5.41, 5.74) is -0.00269. The van der Waals surface area contributed by atoms with Gasteiger partial charge < -0.3 is 5.11 Å². The lowest BCUT2D eigenvalue weighted by Crippen LogP contribution is -2.39. The van der Waals surface area contributed by atoms with E-state index in [2.05, 4.69) is 0 Å². The molecule has 21 heavy (non-hydrogen) atoms. The van der Waals surface area contributed by atoms with Crippen LogP contribution in [-0.2, 0) is 15.8 Å². The molecule has 1 aromatic carbocycles. The number of carboxylic acids is 1. The molecule has 118 valence electrons. The van der Waals surface area contributed by atoms with E-state index >= 15 is 0 Å². The Morgan fingerprint density at radius 3 is 2.43 bits per heavy atom. The molecular formula is C12H14F3NO4S. The van der Waals surface area contributed by atoms with Crippen LogP contribution in [0.3, 0.4) is 0 Å². The van der Waals surface area contributed by atoms with Gasteiger partial charge in [-0.25, -0.2) is 13.2 Å². The highest BCUT2D eigenvalue weighted by atomic mass is 32.2. The Morgan fingerprint density at radius 2 is 1.95 bits per heavy atom. The van der Waals surface area contributed by atoms with Gasteiger partial charge in [0.25, 0.3) is 0 Å². The Labute approximate surface area is 120 Å². The first-order chi connectivity index (χ1) is 9.55. The predicted molar refractivity (Wildman–Crippen MR) is 69.3 cm³/mol. The number of hydrogen-bond donors (Lipinski definition) is 1. The van der Waals surface area contributed by atoms with Gasteiger partial charge >= 0.3 is 12.1 Å². The van der Waals surface area contributed by atoms with Crippen molar-refractivity contribution in [3.8, 4) is 0 Å². The van der Waals surface area contributed by atoms with Gasteiger partial charge in [0.1, 0.15) is 6.54 Å². The summed E-state index contributed by atoms with van der Waals surface area (Å²) in [6.07, 6.45) is -4.63. The second kappa shape index (κ2) is 6.44. The van der Waals surface area contributed by atoms with Gasteiger partial charge in [0.2, 0.25) is 10.0 Å². The smallest absolute Gasteiger partial charge is 0.402 e. The number of carboxylic acid groups (broad SMARTS) is 1. The van der Waals surface area contributed by atoms with Crippen LogP contribution >= 0.6 is 0 Å². The van der Waals surface area contributed by atoms with E-state index in [0.29, 0.717) is 4.31 Å². The molecule has 0 aromatic heterocycles. The molecule has 5 nitrogen and oxygen atoms in total. The quantitative estimate of drug-likeness (QED) is 0.869. The highest BCUT2D eigenvalue weighted by molar-refractivity contribution is 7.88. The van der Waals surface area contributed by atoms with Gasteiger partial charge in [0.15, 0.2) is 0 Å². The summed E-state index contributed by atoms with van der Waals surface area (Å²) in [6.45, 7) is -0.581. The summed E-state index contributed by atoms with van der Waals surface area (Å²) >= 11 is 0. The number of benzene rings is 1. The van der Waals surface area contributed by atoms with Crippen molar-refractivity contribution < 1.29 is 31.5 Å². The molecule has 0 spiro atoms. The molecule has 0 unspecified atom stereocenters. The number of halogens is 3. The van der Waals surface area contributed by atoms with E-state index in [0.717, 1.165) is 6.07 Å². The fourth-order valence-electron chi connectivity index (χ4n) is 1.70. The van der Waals surface area contributed by atoms with Crippen molar-refractivity contribution in [3.63, 3.8) is 0 Å². The number of sulfonamides is 1. The van der Waals surface area contributed by atoms with E-state index in [1.54, 1.807) is 0 Å². The Bertz CT molecular complexity index is 613. The molecular weight excluding hydrogens is 311 g/mol. The van der Waals surface area contributed by atoms with E-state index in [-0.39, 0.29) is 17.7 Å². The third-order valence-electron chi connectivity index (χ3n) is 2.62. The number of rotatable bonds is 6. The molecule has 1 rings (SSSR count). The second-order valence-electron chi connectivity index (χ2n) is 4.30. The highest BCUT2D eigenvalue weighted by Crippen LogP contribution is 2.20. The SMILES string of the molecule is CCN(CC(F)(F)F)S(=O)(=O)Cc1cccc(C(=O)O)c1. The zero-order valence-electron chi connectivity index (χ0n) is 11.1. The van der Waals surface area contributed by atoms with Crippen LogP contribution in [0.5, 0.6) is 0 Å². The maximum absolute atomic E-state index is 12.3. The van der Waals surface area contributed by atoms with Crippen LogP contribution in [0.2, 0.25) is 0 Å². The topological polar surface area (TPSA) is 74.7 Å². The monoisotopic (exact) mass is 325 g/mol. The minimum absolute atomic E-state index is 0.121. The van der Waals surface area contributed by atoms with Gasteiger partial charge in [-0.3, -0.25) is 0 Å². The maximum atomic E-state index is 12.3. The van der Waals surface area contributed by atoms with E-state index in [1.807, 2.05) is 0 Å². The Kier molecular flexibility index (Phi) is 5.35. The molecule has 0 atom stereocenters. The van der Waals surface area contributed by atoms with Crippen LogP contribution in [-0.4, -0.2) is 43.1 Å². The molecule has 0 aliphatic heterocycles. The molecule has 0 saturated carbocycles. The number of alkyl halides is 3. The van der Waals surface area contributed by atoms with Crippen molar-refractivity contribution in [2.75, 3.05) is 13.1 Å². The number of hydrogen-bond acceptors (Lipinski definition) is 3. The zero-order valence-corrected chi connectivity index (χ0v) is 11.9. The van der Waals surface area contributed by atoms with E-state index in [9.17, 15) is 26.4 Å². The van der Waals surface area contributed by atoms with Crippen LogP contribution in [0.25, 0.3) is 0 Å². The fourth-order valence-corrected chi connectivity index (χ4v) is 3.22. The molecule has 0 radical (unpaired) electrons. The third kappa shape index (κ3) is 5.35. The van der Waals surface area contributed by atoms with Crippen molar-refractivity contribution in [3.05, 3.63) is 35.4 Å². The molecule has 0 heterocycles. The van der Waals surface area contributed by atoms with Crippen LogP contribution in [0, 0.1) is 0 Å².